The molecule has 3 aromatic rings. The molecule has 0 fully saturated rings. The predicted octanol–water partition coefficient (Wildman–Crippen LogP) is 4.30. The summed E-state index contributed by atoms with van der Waals surface area (Å²) < 4.78 is 6.77. The van der Waals surface area contributed by atoms with Gasteiger partial charge in [-0.15, -0.1) is 10.2 Å². The van der Waals surface area contributed by atoms with Crippen molar-refractivity contribution in [1.82, 2.24) is 14.9 Å². The Kier molecular flexibility index (Phi) is 6.99. The molecule has 8 heteroatoms. The number of nitrogen functional groups attached to an aromatic ring is 1. The van der Waals surface area contributed by atoms with E-state index >= 15 is 0 Å². The third kappa shape index (κ3) is 4.59. The summed E-state index contributed by atoms with van der Waals surface area (Å²) in [5.41, 5.74) is 2.71. The number of anilines is 1. The summed E-state index contributed by atoms with van der Waals surface area (Å²) in [5, 5.41) is 11.5. The van der Waals surface area contributed by atoms with Crippen molar-refractivity contribution < 1.29 is 9.53 Å². The second-order valence-corrected chi connectivity index (χ2v) is 8.33. The number of nitrogens with one attached hydrogen (secondary N) is 1. The lowest BCUT2D eigenvalue weighted by atomic mass is 9.97. The summed E-state index contributed by atoms with van der Waals surface area (Å²) in [4.78, 5) is 12.8. The number of ether oxygens (including phenoxy) is 1. The number of aromatic nitrogens is 3. The van der Waals surface area contributed by atoms with Crippen LogP contribution in [0.1, 0.15) is 38.7 Å². The fourth-order valence-corrected chi connectivity index (χ4v) is 3.85. The number of thioether (sulfide) groups is 1. The topological polar surface area (TPSA) is 95.1 Å². The van der Waals surface area contributed by atoms with Gasteiger partial charge in [0.1, 0.15) is 5.75 Å². The summed E-state index contributed by atoms with van der Waals surface area (Å²) >= 11 is 1.26. The summed E-state index contributed by atoms with van der Waals surface area (Å²) in [6.45, 7) is 6.11. The van der Waals surface area contributed by atoms with Gasteiger partial charge in [-0.3, -0.25) is 4.79 Å². The molecular formula is C22H27N5O2S. The highest BCUT2D eigenvalue weighted by Gasteiger charge is 2.22. The Balaban J connectivity index is 1.75. The largest absolute Gasteiger partial charge is 0.496 e. The number of carbonyl (C=O) groups is 1. The quantitative estimate of drug-likeness (QED) is 0.413. The van der Waals surface area contributed by atoms with E-state index in [0.29, 0.717) is 22.6 Å². The minimum absolute atomic E-state index is 0.113. The van der Waals surface area contributed by atoms with Gasteiger partial charge in [-0.1, -0.05) is 55.9 Å². The van der Waals surface area contributed by atoms with E-state index in [1.807, 2.05) is 49.4 Å². The molecule has 2 atom stereocenters. The van der Waals surface area contributed by atoms with Gasteiger partial charge in [0.2, 0.25) is 11.1 Å². The van der Waals surface area contributed by atoms with E-state index in [2.05, 4.69) is 35.4 Å². The van der Waals surface area contributed by atoms with Crippen LogP contribution in [0.15, 0.2) is 53.7 Å². The Morgan fingerprint density at radius 1 is 1.17 bits per heavy atom. The van der Waals surface area contributed by atoms with Crippen molar-refractivity contribution in [2.45, 2.75) is 43.5 Å². The molecule has 1 amide bonds. The number of amides is 1. The van der Waals surface area contributed by atoms with Gasteiger partial charge in [0.05, 0.1) is 17.9 Å². The Labute approximate surface area is 181 Å². The normalized spacial score (nSPS) is 12.9. The minimum atomic E-state index is -0.410. The van der Waals surface area contributed by atoms with E-state index in [0.717, 1.165) is 23.2 Å². The number of hydrogen-bond acceptors (Lipinski definition) is 6. The molecule has 0 bridgehead atoms. The van der Waals surface area contributed by atoms with Gasteiger partial charge < -0.3 is 15.9 Å². The molecule has 30 heavy (non-hydrogen) atoms. The maximum atomic E-state index is 12.8. The number of hydrogen-bond donors (Lipinski definition) is 2. The molecule has 1 aromatic heterocycles. The monoisotopic (exact) mass is 425 g/mol. The van der Waals surface area contributed by atoms with Crippen molar-refractivity contribution in [3.63, 3.8) is 0 Å². The zero-order chi connectivity index (χ0) is 21.7. The van der Waals surface area contributed by atoms with Gasteiger partial charge in [-0.2, -0.15) is 0 Å². The standard InChI is InChI=1S/C22H27N5O2S/c1-5-14(2)16-10-6-8-12-18(16)24-21(28)15(3)30-22-26-25-20(27(22)23)17-11-7-9-13-19(17)29-4/h6-15H,5,23H2,1-4H3,(H,24,28)/t14-,15+/m1/s1. The zero-order valence-electron chi connectivity index (χ0n) is 17.6. The highest BCUT2D eigenvalue weighted by Crippen LogP contribution is 2.31. The molecule has 3 rings (SSSR count). The predicted molar refractivity (Wildman–Crippen MR) is 121 cm³/mol. The van der Waals surface area contributed by atoms with Crippen LogP contribution in [0.3, 0.4) is 0 Å². The lowest BCUT2D eigenvalue weighted by Gasteiger charge is -2.17. The molecular weight excluding hydrogens is 398 g/mol. The molecule has 1 heterocycles. The molecule has 0 radical (unpaired) electrons. The molecule has 7 nitrogen and oxygen atoms in total. The van der Waals surface area contributed by atoms with Gasteiger partial charge in [-0.05, 0) is 43.0 Å². The van der Waals surface area contributed by atoms with E-state index in [-0.39, 0.29) is 5.91 Å². The molecule has 0 aliphatic heterocycles. The van der Waals surface area contributed by atoms with Crippen LogP contribution in [0.25, 0.3) is 11.4 Å². The van der Waals surface area contributed by atoms with Gasteiger partial charge >= 0.3 is 0 Å². The molecule has 0 spiro atoms. The zero-order valence-corrected chi connectivity index (χ0v) is 18.4. The number of nitrogens with two attached hydrogens (primary N) is 1. The van der Waals surface area contributed by atoms with Gasteiger partial charge in [0, 0.05) is 5.69 Å². The first-order valence-corrected chi connectivity index (χ1v) is 10.7. The summed E-state index contributed by atoms with van der Waals surface area (Å²) in [7, 11) is 1.59. The highest BCUT2D eigenvalue weighted by atomic mass is 32.2. The molecule has 0 aliphatic carbocycles. The van der Waals surface area contributed by atoms with Crippen molar-refractivity contribution in [3.8, 4) is 17.1 Å². The van der Waals surface area contributed by atoms with E-state index in [4.69, 9.17) is 10.6 Å². The first-order valence-electron chi connectivity index (χ1n) is 9.86. The van der Waals surface area contributed by atoms with Gasteiger partial charge in [0.25, 0.3) is 0 Å². The lowest BCUT2D eigenvalue weighted by Crippen LogP contribution is -2.24. The Morgan fingerprint density at radius 2 is 1.87 bits per heavy atom. The third-order valence-corrected chi connectivity index (χ3v) is 6.08. The van der Waals surface area contributed by atoms with Crippen molar-refractivity contribution in [1.29, 1.82) is 0 Å². The molecule has 0 aliphatic rings. The summed E-state index contributed by atoms with van der Waals surface area (Å²) in [6, 6.07) is 15.4. The molecule has 158 valence electrons. The fourth-order valence-electron chi connectivity index (χ4n) is 3.08. The van der Waals surface area contributed by atoms with Crippen LogP contribution in [0.2, 0.25) is 0 Å². The van der Waals surface area contributed by atoms with Gasteiger partial charge in [-0.25, -0.2) is 4.68 Å². The first kappa shape index (κ1) is 21.7. The highest BCUT2D eigenvalue weighted by molar-refractivity contribution is 8.00. The maximum Gasteiger partial charge on any atom is 0.237 e. The van der Waals surface area contributed by atoms with Crippen LogP contribution < -0.4 is 15.9 Å². The lowest BCUT2D eigenvalue weighted by molar-refractivity contribution is -0.115. The Bertz CT molecular complexity index is 1020. The van der Waals surface area contributed by atoms with E-state index in [1.54, 1.807) is 7.11 Å². The SMILES string of the molecule is CC[C@@H](C)c1ccccc1NC(=O)[C@H](C)Sc1nnc(-c2ccccc2OC)n1N. The maximum absolute atomic E-state index is 12.8. The van der Waals surface area contributed by atoms with Crippen molar-refractivity contribution in [3.05, 3.63) is 54.1 Å². The summed E-state index contributed by atoms with van der Waals surface area (Å²) in [5.74, 6) is 7.60. The van der Waals surface area contributed by atoms with Crippen molar-refractivity contribution in [2.24, 2.45) is 0 Å². The molecule has 0 unspecified atom stereocenters. The third-order valence-electron chi connectivity index (χ3n) is 5.03. The van der Waals surface area contributed by atoms with Crippen LogP contribution in [-0.4, -0.2) is 33.1 Å². The fraction of sp³-hybridized carbons (Fsp3) is 0.318. The molecule has 0 saturated carbocycles. The van der Waals surface area contributed by atoms with Crippen LogP contribution in [0.4, 0.5) is 5.69 Å². The van der Waals surface area contributed by atoms with Crippen molar-refractivity contribution in [2.75, 3.05) is 18.3 Å². The number of methoxy groups -OCH3 is 1. The summed E-state index contributed by atoms with van der Waals surface area (Å²) in [6.07, 6.45) is 0.999. The van der Waals surface area contributed by atoms with Gasteiger partial charge in [0.15, 0.2) is 5.82 Å². The average Bonchev–Trinajstić information content (AvgIpc) is 3.13. The van der Waals surface area contributed by atoms with Crippen LogP contribution in [-0.2, 0) is 4.79 Å². The second-order valence-electron chi connectivity index (χ2n) is 7.02. The van der Waals surface area contributed by atoms with Crippen LogP contribution >= 0.6 is 11.8 Å². The Hall–Kier alpha value is -3.00. The first-order chi connectivity index (χ1) is 14.5. The number of carbonyl (C=O) groups excluding carboxylic acids is 1. The van der Waals surface area contributed by atoms with E-state index in [9.17, 15) is 4.79 Å². The number of para-hydroxylation sites is 2. The van der Waals surface area contributed by atoms with Crippen molar-refractivity contribution >= 4 is 23.4 Å². The average molecular weight is 426 g/mol. The van der Waals surface area contributed by atoms with E-state index in [1.165, 1.54) is 16.4 Å². The van der Waals surface area contributed by atoms with Crippen LogP contribution in [0.5, 0.6) is 5.75 Å². The molecule has 2 aromatic carbocycles. The smallest absolute Gasteiger partial charge is 0.237 e. The minimum Gasteiger partial charge on any atom is -0.496 e. The molecule has 3 N–H and O–H groups in total. The number of benzene rings is 2. The molecule has 0 saturated heterocycles. The number of rotatable bonds is 8. The van der Waals surface area contributed by atoms with Crippen LogP contribution in [0, 0.1) is 0 Å². The Morgan fingerprint density at radius 3 is 2.60 bits per heavy atom. The van der Waals surface area contributed by atoms with E-state index < -0.39 is 5.25 Å². The second kappa shape index (κ2) is 9.67. The number of nitrogens with zero attached hydrogens (tertiary/aromatic N) is 3.